The van der Waals surface area contributed by atoms with Crippen molar-refractivity contribution < 1.29 is 14.3 Å². The number of aromatic nitrogens is 2. The standard InChI is InChI=1S/C25H35N5O3/c1-16(17-11-12-20(32-5)21(13-17)33-6)27-24-26-14-19-22(28-24)30(18-9-7-8-10-18)15-25(2,3)23(31)29(19)4/h11-14,16,18H,7-10,15H2,1-6H3,(H,26,27,28)/t16-/m1/s1. The Balaban J connectivity index is 1.67. The molecule has 0 bridgehead atoms. The highest BCUT2D eigenvalue weighted by Crippen LogP contribution is 2.40. The predicted molar refractivity (Wildman–Crippen MR) is 130 cm³/mol. The van der Waals surface area contributed by atoms with E-state index in [0.717, 1.165) is 29.9 Å². The highest BCUT2D eigenvalue weighted by molar-refractivity contribution is 6.00. The molecule has 1 atom stereocenters. The summed E-state index contributed by atoms with van der Waals surface area (Å²) in [6, 6.07) is 6.20. The molecule has 1 N–H and O–H groups in total. The van der Waals surface area contributed by atoms with Crippen LogP contribution in [0.4, 0.5) is 17.5 Å². The molecule has 0 radical (unpaired) electrons. The molecule has 8 heteroatoms. The molecule has 1 aromatic carbocycles. The molecule has 1 saturated carbocycles. The van der Waals surface area contributed by atoms with Crippen molar-refractivity contribution >= 4 is 23.4 Å². The Labute approximate surface area is 196 Å². The van der Waals surface area contributed by atoms with E-state index < -0.39 is 5.41 Å². The third kappa shape index (κ3) is 4.43. The van der Waals surface area contributed by atoms with Gasteiger partial charge in [0.05, 0.1) is 31.9 Å². The molecule has 33 heavy (non-hydrogen) atoms. The zero-order valence-electron chi connectivity index (χ0n) is 20.5. The quantitative estimate of drug-likeness (QED) is 0.694. The van der Waals surface area contributed by atoms with Gasteiger partial charge in [-0.15, -0.1) is 0 Å². The molecule has 4 rings (SSSR count). The number of fused-ring (bicyclic) bond motifs is 1. The fourth-order valence-corrected chi connectivity index (χ4v) is 4.93. The van der Waals surface area contributed by atoms with Crippen molar-refractivity contribution in [2.24, 2.45) is 5.41 Å². The number of benzene rings is 1. The van der Waals surface area contributed by atoms with Crippen molar-refractivity contribution in [2.45, 2.75) is 58.5 Å². The van der Waals surface area contributed by atoms with Crippen LogP contribution in [0.15, 0.2) is 24.4 Å². The number of hydrogen-bond acceptors (Lipinski definition) is 7. The number of ether oxygens (including phenoxy) is 2. The Bertz CT molecular complexity index is 1020. The van der Waals surface area contributed by atoms with E-state index in [1.54, 1.807) is 25.3 Å². The molecule has 1 aliphatic carbocycles. The number of nitrogens with zero attached hydrogens (tertiary/aromatic N) is 4. The zero-order valence-corrected chi connectivity index (χ0v) is 20.5. The lowest BCUT2D eigenvalue weighted by Crippen LogP contribution is -2.45. The second-order valence-corrected chi connectivity index (χ2v) is 9.70. The van der Waals surface area contributed by atoms with Gasteiger partial charge in [-0.1, -0.05) is 18.9 Å². The number of amides is 1. The number of hydrogen-bond donors (Lipinski definition) is 1. The molecule has 2 aromatic rings. The van der Waals surface area contributed by atoms with Gasteiger partial charge >= 0.3 is 0 Å². The van der Waals surface area contributed by atoms with Crippen molar-refractivity contribution in [3.05, 3.63) is 30.0 Å². The van der Waals surface area contributed by atoms with E-state index in [0.29, 0.717) is 30.0 Å². The van der Waals surface area contributed by atoms with Crippen LogP contribution in [-0.4, -0.2) is 49.7 Å². The van der Waals surface area contributed by atoms with E-state index in [-0.39, 0.29) is 11.9 Å². The molecular formula is C25H35N5O3. The molecule has 0 saturated heterocycles. The molecule has 8 nitrogen and oxygen atoms in total. The minimum Gasteiger partial charge on any atom is -0.493 e. The Hall–Kier alpha value is -3.03. The first kappa shape index (κ1) is 23.1. The number of carbonyl (C=O) groups is 1. The second kappa shape index (κ2) is 9.08. The molecule has 2 heterocycles. The van der Waals surface area contributed by atoms with Crippen LogP contribution < -0.4 is 24.6 Å². The summed E-state index contributed by atoms with van der Waals surface area (Å²) in [4.78, 5) is 26.7. The Morgan fingerprint density at radius 2 is 1.85 bits per heavy atom. The van der Waals surface area contributed by atoms with Gasteiger partial charge in [-0.3, -0.25) is 4.79 Å². The first-order valence-electron chi connectivity index (χ1n) is 11.7. The summed E-state index contributed by atoms with van der Waals surface area (Å²) in [5.41, 5.74) is 1.30. The van der Waals surface area contributed by atoms with Gasteiger partial charge in [0, 0.05) is 19.6 Å². The summed E-state index contributed by atoms with van der Waals surface area (Å²) in [5, 5.41) is 3.43. The van der Waals surface area contributed by atoms with Crippen LogP contribution in [0.1, 0.15) is 58.1 Å². The van der Waals surface area contributed by atoms with Gasteiger partial charge in [-0.2, -0.15) is 4.98 Å². The second-order valence-electron chi connectivity index (χ2n) is 9.70. The molecule has 0 unspecified atom stereocenters. The van der Waals surface area contributed by atoms with E-state index in [9.17, 15) is 4.79 Å². The lowest BCUT2D eigenvalue weighted by atomic mass is 9.91. The summed E-state index contributed by atoms with van der Waals surface area (Å²) >= 11 is 0. The number of anilines is 3. The van der Waals surface area contributed by atoms with Crippen LogP contribution >= 0.6 is 0 Å². The number of rotatable bonds is 6. The Kier molecular flexibility index (Phi) is 6.36. The van der Waals surface area contributed by atoms with Crippen LogP contribution in [0.3, 0.4) is 0 Å². The monoisotopic (exact) mass is 453 g/mol. The minimum atomic E-state index is -0.501. The Morgan fingerprint density at radius 1 is 1.15 bits per heavy atom. The highest BCUT2D eigenvalue weighted by atomic mass is 16.5. The molecule has 1 aliphatic heterocycles. The number of carbonyl (C=O) groups excluding carboxylic acids is 1. The van der Waals surface area contributed by atoms with E-state index >= 15 is 0 Å². The highest BCUT2D eigenvalue weighted by Gasteiger charge is 2.41. The van der Waals surface area contributed by atoms with Crippen LogP contribution in [-0.2, 0) is 4.79 Å². The molecule has 1 amide bonds. The Morgan fingerprint density at radius 3 is 2.52 bits per heavy atom. The average molecular weight is 454 g/mol. The fraction of sp³-hybridized carbons (Fsp3) is 0.560. The van der Waals surface area contributed by atoms with Crippen molar-refractivity contribution in [2.75, 3.05) is 42.9 Å². The van der Waals surface area contributed by atoms with Crippen LogP contribution in [0, 0.1) is 5.41 Å². The fourth-order valence-electron chi connectivity index (χ4n) is 4.93. The van der Waals surface area contributed by atoms with Gasteiger partial charge in [0.25, 0.3) is 0 Å². The summed E-state index contributed by atoms with van der Waals surface area (Å²) in [6.45, 7) is 6.75. The molecule has 0 spiro atoms. The normalized spacial score (nSPS) is 19.2. The number of nitrogens with one attached hydrogen (secondary N) is 1. The summed E-state index contributed by atoms with van der Waals surface area (Å²) in [6.07, 6.45) is 6.46. The van der Waals surface area contributed by atoms with Gasteiger partial charge in [0.2, 0.25) is 11.9 Å². The van der Waals surface area contributed by atoms with Gasteiger partial charge in [0.1, 0.15) is 5.69 Å². The van der Waals surface area contributed by atoms with Crippen molar-refractivity contribution in [1.82, 2.24) is 9.97 Å². The third-order valence-electron chi connectivity index (χ3n) is 6.85. The topological polar surface area (TPSA) is 79.8 Å². The van der Waals surface area contributed by atoms with E-state index in [4.69, 9.17) is 14.5 Å². The molecule has 178 valence electrons. The number of methoxy groups -OCH3 is 2. The minimum absolute atomic E-state index is 0.0515. The predicted octanol–water partition coefficient (Wildman–Crippen LogP) is 4.42. The van der Waals surface area contributed by atoms with Crippen molar-refractivity contribution in [3.63, 3.8) is 0 Å². The third-order valence-corrected chi connectivity index (χ3v) is 6.85. The lowest BCUT2D eigenvalue weighted by molar-refractivity contribution is -0.125. The van der Waals surface area contributed by atoms with Gasteiger partial charge in [0.15, 0.2) is 17.3 Å². The van der Waals surface area contributed by atoms with Gasteiger partial charge in [-0.05, 0) is 51.3 Å². The summed E-state index contributed by atoms with van der Waals surface area (Å²) < 4.78 is 10.8. The maximum atomic E-state index is 13.2. The van der Waals surface area contributed by atoms with E-state index in [1.807, 2.05) is 39.1 Å². The average Bonchev–Trinajstić information content (AvgIpc) is 3.33. The molecule has 1 aromatic heterocycles. The molecule has 1 fully saturated rings. The van der Waals surface area contributed by atoms with Gasteiger partial charge in [-0.25, -0.2) is 4.98 Å². The first-order chi connectivity index (χ1) is 15.7. The summed E-state index contributed by atoms with van der Waals surface area (Å²) in [5.74, 6) is 2.84. The summed E-state index contributed by atoms with van der Waals surface area (Å²) in [7, 11) is 5.08. The van der Waals surface area contributed by atoms with Crippen LogP contribution in [0.5, 0.6) is 11.5 Å². The van der Waals surface area contributed by atoms with Gasteiger partial charge < -0.3 is 24.6 Å². The zero-order chi connectivity index (χ0) is 23.8. The van der Waals surface area contributed by atoms with Crippen molar-refractivity contribution in [3.8, 4) is 11.5 Å². The largest absolute Gasteiger partial charge is 0.493 e. The molecule has 2 aliphatic rings. The van der Waals surface area contributed by atoms with Crippen LogP contribution in [0.25, 0.3) is 0 Å². The smallest absolute Gasteiger partial charge is 0.234 e. The van der Waals surface area contributed by atoms with E-state index in [1.165, 1.54) is 12.8 Å². The van der Waals surface area contributed by atoms with Crippen molar-refractivity contribution in [1.29, 1.82) is 0 Å². The SMILES string of the molecule is COc1ccc([C@@H](C)Nc2ncc3c(n2)N(C2CCCC2)CC(C)(C)C(=O)N3C)cc1OC. The molecular weight excluding hydrogens is 418 g/mol. The maximum absolute atomic E-state index is 13.2. The van der Waals surface area contributed by atoms with Crippen LogP contribution in [0.2, 0.25) is 0 Å². The van der Waals surface area contributed by atoms with E-state index in [2.05, 4.69) is 22.1 Å². The maximum Gasteiger partial charge on any atom is 0.234 e. The first-order valence-corrected chi connectivity index (χ1v) is 11.7. The lowest BCUT2D eigenvalue weighted by Gasteiger charge is -2.34.